The maximum Gasteiger partial charge on any atom is 0.254 e. The number of carbonyl (C=O) groups is 1. The highest BCUT2D eigenvalue weighted by Gasteiger charge is 2.18. The monoisotopic (exact) mass is 383 g/mol. The molecule has 2 heterocycles. The number of rotatable bonds is 6. The number of nitrogens with zero attached hydrogens (tertiary/aromatic N) is 2. The average molecular weight is 384 g/mol. The summed E-state index contributed by atoms with van der Waals surface area (Å²) in [6.45, 7) is 7.25. The zero-order valence-electron chi connectivity index (χ0n) is 16.5. The molecule has 1 saturated heterocycles. The van der Waals surface area contributed by atoms with Crippen molar-refractivity contribution in [1.29, 1.82) is 0 Å². The number of hydrogen-bond donors (Lipinski definition) is 1. The van der Waals surface area contributed by atoms with E-state index in [1.54, 1.807) is 18.0 Å². The van der Waals surface area contributed by atoms with E-state index in [-0.39, 0.29) is 5.91 Å². The van der Waals surface area contributed by atoms with Crippen molar-refractivity contribution in [2.24, 2.45) is 5.92 Å². The molecule has 3 rings (SSSR count). The largest absolute Gasteiger partial charge is 0.352 e. The summed E-state index contributed by atoms with van der Waals surface area (Å²) in [5, 5.41) is 3.87. The smallest absolute Gasteiger partial charge is 0.254 e. The number of carbonyl (C=O) groups excluding carboxylic acids is 1. The van der Waals surface area contributed by atoms with Gasteiger partial charge in [0.2, 0.25) is 0 Å². The van der Waals surface area contributed by atoms with Crippen LogP contribution in [0.2, 0.25) is 0 Å². The second kappa shape index (κ2) is 9.38. The maximum absolute atomic E-state index is 12.7. The number of aromatic nitrogens is 1. The van der Waals surface area contributed by atoms with E-state index in [2.05, 4.69) is 54.3 Å². The molecule has 0 unspecified atom stereocenters. The van der Waals surface area contributed by atoms with Crippen molar-refractivity contribution in [1.82, 2.24) is 15.2 Å². The third kappa shape index (κ3) is 5.56. The number of amides is 1. The van der Waals surface area contributed by atoms with Crippen LogP contribution >= 0.6 is 11.8 Å². The number of piperidine rings is 1. The van der Waals surface area contributed by atoms with Crippen LogP contribution in [0.25, 0.3) is 0 Å². The topological polar surface area (TPSA) is 45.2 Å². The molecule has 2 aromatic rings. The van der Waals surface area contributed by atoms with Crippen molar-refractivity contribution < 1.29 is 4.79 Å². The molecule has 0 atom stereocenters. The van der Waals surface area contributed by atoms with Crippen molar-refractivity contribution in [2.75, 3.05) is 26.7 Å². The SMILES string of the molecule is Cc1ccc(Sc2ncccc2C(=O)NCCC2CCN(C)CC2)c(C)c1. The summed E-state index contributed by atoms with van der Waals surface area (Å²) in [4.78, 5) is 20.7. The molecule has 0 saturated carbocycles. The Kier molecular flexibility index (Phi) is 6.91. The lowest BCUT2D eigenvalue weighted by Crippen LogP contribution is -2.32. The van der Waals surface area contributed by atoms with Crippen LogP contribution in [0.15, 0.2) is 46.5 Å². The Morgan fingerprint density at radius 1 is 1.26 bits per heavy atom. The number of benzene rings is 1. The standard InChI is InChI=1S/C22H29N3OS/c1-16-6-7-20(17(2)15-16)27-22-19(5-4-11-24-22)21(26)23-12-8-18-9-13-25(3)14-10-18/h4-7,11,15,18H,8-10,12-14H2,1-3H3,(H,23,26). The quantitative estimate of drug-likeness (QED) is 0.807. The zero-order valence-corrected chi connectivity index (χ0v) is 17.3. The van der Waals surface area contributed by atoms with Crippen LogP contribution in [0.3, 0.4) is 0 Å². The van der Waals surface area contributed by atoms with Crippen LogP contribution in [0.4, 0.5) is 0 Å². The molecule has 0 bridgehead atoms. The van der Waals surface area contributed by atoms with Gasteiger partial charge in [0.25, 0.3) is 5.91 Å². The molecule has 0 spiro atoms. The molecule has 1 aromatic carbocycles. The third-order valence-electron chi connectivity index (χ3n) is 5.23. The van der Waals surface area contributed by atoms with Crippen molar-refractivity contribution >= 4 is 17.7 Å². The molecule has 4 nitrogen and oxygen atoms in total. The van der Waals surface area contributed by atoms with Crippen LogP contribution in [-0.4, -0.2) is 42.5 Å². The summed E-state index contributed by atoms with van der Waals surface area (Å²) in [5.41, 5.74) is 3.11. The van der Waals surface area contributed by atoms with Gasteiger partial charge in [-0.15, -0.1) is 0 Å². The Balaban J connectivity index is 1.60. The van der Waals surface area contributed by atoms with E-state index < -0.39 is 0 Å². The van der Waals surface area contributed by atoms with Gasteiger partial charge in [0.05, 0.1) is 5.56 Å². The van der Waals surface area contributed by atoms with E-state index in [1.807, 2.05) is 12.1 Å². The Morgan fingerprint density at radius 3 is 2.78 bits per heavy atom. The summed E-state index contributed by atoms with van der Waals surface area (Å²) in [5.74, 6) is 0.697. The summed E-state index contributed by atoms with van der Waals surface area (Å²) in [6.07, 6.45) is 5.26. The molecule has 1 aromatic heterocycles. The van der Waals surface area contributed by atoms with Crippen molar-refractivity contribution in [3.8, 4) is 0 Å². The second-order valence-corrected chi connectivity index (χ2v) is 8.55. The highest BCUT2D eigenvalue weighted by atomic mass is 32.2. The van der Waals surface area contributed by atoms with Gasteiger partial charge < -0.3 is 10.2 Å². The Morgan fingerprint density at radius 2 is 2.04 bits per heavy atom. The second-order valence-electron chi connectivity index (χ2n) is 7.52. The highest BCUT2D eigenvalue weighted by molar-refractivity contribution is 7.99. The van der Waals surface area contributed by atoms with E-state index in [0.29, 0.717) is 5.56 Å². The fourth-order valence-electron chi connectivity index (χ4n) is 3.50. The number of aryl methyl sites for hydroxylation is 2. The molecule has 1 amide bonds. The van der Waals surface area contributed by atoms with Crippen LogP contribution < -0.4 is 5.32 Å². The first-order valence-corrected chi connectivity index (χ1v) is 10.5. The van der Waals surface area contributed by atoms with Gasteiger partial charge in [0.15, 0.2) is 0 Å². The lowest BCUT2D eigenvalue weighted by Gasteiger charge is -2.28. The van der Waals surface area contributed by atoms with Gasteiger partial charge in [0, 0.05) is 17.6 Å². The molecule has 1 N–H and O–H groups in total. The molecule has 0 aliphatic carbocycles. The van der Waals surface area contributed by atoms with E-state index in [1.165, 1.54) is 24.0 Å². The number of likely N-dealkylation sites (tertiary alicyclic amines) is 1. The third-order valence-corrected chi connectivity index (χ3v) is 6.43. The number of hydrogen-bond acceptors (Lipinski definition) is 4. The fourth-order valence-corrected chi connectivity index (χ4v) is 4.45. The molecular weight excluding hydrogens is 354 g/mol. The number of nitrogens with one attached hydrogen (secondary N) is 1. The van der Waals surface area contributed by atoms with Gasteiger partial charge >= 0.3 is 0 Å². The molecule has 1 fully saturated rings. The molecule has 5 heteroatoms. The van der Waals surface area contributed by atoms with Crippen molar-refractivity contribution in [3.63, 3.8) is 0 Å². The predicted molar refractivity (Wildman–Crippen MR) is 111 cm³/mol. The van der Waals surface area contributed by atoms with Crippen molar-refractivity contribution in [3.05, 3.63) is 53.2 Å². The normalized spacial score (nSPS) is 15.7. The minimum absolute atomic E-state index is 0.0247. The van der Waals surface area contributed by atoms with E-state index in [4.69, 9.17) is 0 Å². The van der Waals surface area contributed by atoms with Gasteiger partial charge in [-0.1, -0.05) is 29.5 Å². The zero-order chi connectivity index (χ0) is 19.2. The van der Waals surface area contributed by atoms with Gasteiger partial charge in [-0.2, -0.15) is 0 Å². The molecule has 0 radical (unpaired) electrons. The molecule has 1 aliphatic rings. The predicted octanol–water partition coefficient (Wildman–Crippen LogP) is 4.31. The van der Waals surface area contributed by atoms with E-state index in [9.17, 15) is 4.79 Å². The Hall–Kier alpha value is -1.85. The minimum Gasteiger partial charge on any atom is -0.352 e. The van der Waals surface area contributed by atoms with E-state index in [0.717, 1.165) is 41.9 Å². The van der Waals surface area contributed by atoms with Crippen LogP contribution in [0.1, 0.15) is 40.7 Å². The lowest BCUT2D eigenvalue weighted by atomic mass is 9.94. The fraction of sp³-hybridized carbons (Fsp3) is 0.455. The minimum atomic E-state index is -0.0247. The van der Waals surface area contributed by atoms with Gasteiger partial charge in [-0.05, 0) is 82.9 Å². The Labute approximate surface area is 166 Å². The summed E-state index contributed by atoms with van der Waals surface area (Å²) in [6, 6.07) is 10.1. The van der Waals surface area contributed by atoms with E-state index >= 15 is 0 Å². The van der Waals surface area contributed by atoms with Gasteiger partial charge in [-0.25, -0.2) is 4.98 Å². The first-order valence-electron chi connectivity index (χ1n) is 9.70. The number of pyridine rings is 1. The average Bonchev–Trinajstić information content (AvgIpc) is 2.66. The highest BCUT2D eigenvalue weighted by Crippen LogP contribution is 2.31. The van der Waals surface area contributed by atoms with Crippen LogP contribution in [-0.2, 0) is 0 Å². The molecule has 27 heavy (non-hydrogen) atoms. The summed E-state index contributed by atoms with van der Waals surface area (Å²) >= 11 is 1.56. The first kappa shape index (κ1) is 19.9. The first-order chi connectivity index (χ1) is 13.0. The molecular formula is C22H29N3OS. The molecule has 144 valence electrons. The van der Waals surface area contributed by atoms with Gasteiger partial charge in [-0.3, -0.25) is 4.79 Å². The van der Waals surface area contributed by atoms with Crippen molar-refractivity contribution in [2.45, 2.75) is 43.0 Å². The summed E-state index contributed by atoms with van der Waals surface area (Å²) in [7, 11) is 2.18. The lowest BCUT2D eigenvalue weighted by molar-refractivity contribution is 0.0945. The van der Waals surface area contributed by atoms with Crippen LogP contribution in [0.5, 0.6) is 0 Å². The maximum atomic E-state index is 12.7. The van der Waals surface area contributed by atoms with Crippen LogP contribution in [0, 0.1) is 19.8 Å². The molecule has 1 aliphatic heterocycles. The Bertz CT molecular complexity index is 785. The van der Waals surface area contributed by atoms with Gasteiger partial charge in [0.1, 0.15) is 5.03 Å². The summed E-state index contributed by atoms with van der Waals surface area (Å²) < 4.78 is 0.